The average Bonchev–Trinajstić information content (AvgIpc) is 3.07. The van der Waals surface area contributed by atoms with Crippen molar-refractivity contribution in [2.24, 2.45) is 11.8 Å². The van der Waals surface area contributed by atoms with E-state index in [9.17, 15) is 5.26 Å². The highest BCUT2D eigenvalue weighted by Crippen LogP contribution is 2.35. The molecular formula is C17H17N3. The van der Waals surface area contributed by atoms with Crippen LogP contribution in [0.25, 0.3) is 10.8 Å². The molecule has 1 N–H and O–H groups in total. The van der Waals surface area contributed by atoms with Crippen molar-refractivity contribution in [3.63, 3.8) is 0 Å². The molecule has 100 valence electrons. The van der Waals surface area contributed by atoms with Crippen LogP contribution >= 0.6 is 0 Å². The summed E-state index contributed by atoms with van der Waals surface area (Å²) in [6.45, 7) is 4.56. The Morgan fingerprint density at radius 2 is 1.70 bits per heavy atom. The lowest BCUT2D eigenvalue weighted by atomic mass is 10.0. The SMILES string of the molecule is N#Cc1ccc(N2C[C@H]3CNC[C@H]3C2)c2ccccc12. The third-order valence-corrected chi connectivity index (χ3v) is 4.75. The molecule has 2 aromatic rings. The first-order valence-corrected chi connectivity index (χ1v) is 7.24. The summed E-state index contributed by atoms with van der Waals surface area (Å²) in [6.07, 6.45) is 0. The van der Waals surface area contributed by atoms with E-state index in [1.807, 2.05) is 12.1 Å². The van der Waals surface area contributed by atoms with Gasteiger partial charge >= 0.3 is 0 Å². The van der Waals surface area contributed by atoms with Crippen LogP contribution in [0.4, 0.5) is 5.69 Å². The summed E-state index contributed by atoms with van der Waals surface area (Å²) in [5, 5.41) is 15.0. The van der Waals surface area contributed by atoms with Crippen molar-refractivity contribution in [1.29, 1.82) is 5.26 Å². The van der Waals surface area contributed by atoms with Gasteiger partial charge in [-0.05, 0) is 24.0 Å². The van der Waals surface area contributed by atoms with E-state index in [-0.39, 0.29) is 0 Å². The number of anilines is 1. The second-order valence-electron chi connectivity index (χ2n) is 5.87. The van der Waals surface area contributed by atoms with Crippen LogP contribution in [-0.2, 0) is 0 Å². The van der Waals surface area contributed by atoms with Crippen molar-refractivity contribution in [3.05, 3.63) is 42.0 Å². The number of hydrogen-bond acceptors (Lipinski definition) is 3. The van der Waals surface area contributed by atoms with E-state index >= 15 is 0 Å². The van der Waals surface area contributed by atoms with E-state index in [2.05, 4.69) is 40.6 Å². The van der Waals surface area contributed by atoms with Crippen LogP contribution in [0.3, 0.4) is 0 Å². The minimum Gasteiger partial charge on any atom is -0.370 e. The predicted octanol–water partition coefficient (Wildman–Crippen LogP) is 2.37. The summed E-state index contributed by atoms with van der Waals surface area (Å²) in [5.41, 5.74) is 2.06. The standard InChI is InChI=1S/C17H17N3/c18-7-12-5-6-17(16-4-2-1-3-15(12)16)20-10-13-8-19-9-14(13)11-20/h1-6,13-14,19H,8-11H2/t13-,14+. The van der Waals surface area contributed by atoms with Crippen LogP contribution in [0.1, 0.15) is 5.56 Å². The molecule has 20 heavy (non-hydrogen) atoms. The number of rotatable bonds is 1. The molecule has 2 fully saturated rings. The van der Waals surface area contributed by atoms with Crippen molar-refractivity contribution >= 4 is 16.5 Å². The molecule has 0 amide bonds. The Bertz CT molecular complexity index is 689. The number of hydrogen-bond donors (Lipinski definition) is 1. The second kappa shape index (κ2) is 4.50. The van der Waals surface area contributed by atoms with Gasteiger partial charge in [0.05, 0.1) is 11.6 Å². The molecule has 2 aromatic carbocycles. The van der Waals surface area contributed by atoms with Crippen LogP contribution in [0.5, 0.6) is 0 Å². The molecule has 2 heterocycles. The van der Waals surface area contributed by atoms with Gasteiger partial charge in [0.25, 0.3) is 0 Å². The molecule has 4 rings (SSSR count). The molecule has 0 unspecified atom stereocenters. The van der Waals surface area contributed by atoms with Crippen LogP contribution in [0.15, 0.2) is 36.4 Å². The van der Waals surface area contributed by atoms with Gasteiger partial charge in [-0.15, -0.1) is 0 Å². The number of nitrogens with one attached hydrogen (secondary N) is 1. The van der Waals surface area contributed by atoms with Gasteiger partial charge in [0.15, 0.2) is 0 Å². The van der Waals surface area contributed by atoms with E-state index in [0.29, 0.717) is 0 Å². The third kappa shape index (κ3) is 1.69. The normalized spacial score (nSPS) is 24.9. The lowest BCUT2D eigenvalue weighted by molar-refractivity contribution is 0.533. The molecule has 3 nitrogen and oxygen atoms in total. The first-order chi connectivity index (χ1) is 9.86. The molecule has 2 aliphatic rings. The Labute approximate surface area is 118 Å². The highest BCUT2D eigenvalue weighted by molar-refractivity contribution is 5.97. The Hall–Kier alpha value is -2.05. The summed E-state index contributed by atoms with van der Waals surface area (Å²) >= 11 is 0. The Morgan fingerprint density at radius 1 is 1.00 bits per heavy atom. The van der Waals surface area contributed by atoms with E-state index < -0.39 is 0 Å². The second-order valence-corrected chi connectivity index (χ2v) is 5.87. The molecular weight excluding hydrogens is 246 g/mol. The average molecular weight is 263 g/mol. The first-order valence-electron chi connectivity index (χ1n) is 7.24. The van der Waals surface area contributed by atoms with Gasteiger partial charge in [-0.25, -0.2) is 0 Å². The monoisotopic (exact) mass is 263 g/mol. The maximum absolute atomic E-state index is 9.25. The van der Waals surface area contributed by atoms with E-state index in [4.69, 9.17) is 0 Å². The smallest absolute Gasteiger partial charge is 0.0998 e. The van der Waals surface area contributed by atoms with Crippen molar-refractivity contribution in [2.45, 2.75) is 0 Å². The molecule has 0 bridgehead atoms. The zero-order valence-corrected chi connectivity index (χ0v) is 11.3. The summed E-state index contributed by atoms with van der Waals surface area (Å²) in [4.78, 5) is 2.50. The zero-order valence-electron chi connectivity index (χ0n) is 11.3. The minimum absolute atomic E-state index is 0.769. The maximum atomic E-state index is 9.25. The van der Waals surface area contributed by atoms with E-state index in [1.165, 1.54) is 11.1 Å². The van der Waals surface area contributed by atoms with Gasteiger partial charge in [0.1, 0.15) is 0 Å². The molecule has 3 heteroatoms. The summed E-state index contributed by atoms with van der Waals surface area (Å²) in [7, 11) is 0. The van der Waals surface area contributed by atoms with E-state index in [1.54, 1.807) is 0 Å². The van der Waals surface area contributed by atoms with Gasteiger partial charge in [0.2, 0.25) is 0 Å². The fourth-order valence-electron chi connectivity index (χ4n) is 3.71. The van der Waals surface area contributed by atoms with E-state index in [0.717, 1.165) is 49.0 Å². The fourth-order valence-corrected chi connectivity index (χ4v) is 3.71. The van der Waals surface area contributed by atoms with Crippen molar-refractivity contribution in [2.75, 3.05) is 31.1 Å². The molecule has 0 radical (unpaired) electrons. The lowest BCUT2D eigenvalue weighted by Crippen LogP contribution is -2.25. The Morgan fingerprint density at radius 3 is 2.40 bits per heavy atom. The molecule has 0 aromatic heterocycles. The third-order valence-electron chi connectivity index (χ3n) is 4.75. The molecule has 0 spiro atoms. The van der Waals surface area contributed by atoms with Gasteiger partial charge in [-0.2, -0.15) is 5.26 Å². The molecule has 2 saturated heterocycles. The Balaban J connectivity index is 1.80. The fraction of sp³-hybridized carbons (Fsp3) is 0.353. The zero-order chi connectivity index (χ0) is 13.5. The van der Waals surface area contributed by atoms with Gasteiger partial charge in [0, 0.05) is 42.6 Å². The Kier molecular flexibility index (Phi) is 2.64. The minimum atomic E-state index is 0.769. The number of benzene rings is 2. The number of nitriles is 1. The number of nitrogens with zero attached hydrogens (tertiary/aromatic N) is 2. The summed E-state index contributed by atoms with van der Waals surface area (Å²) < 4.78 is 0. The van der Waals surface area contributed by atoms with Crippen molar-refractivity contribution in [1.82, 2.24) is 5.32 Å². The number of fused-ring (bicyclic) bond motifs is 2. The van der Waals surface area contributed by atoms with Crippen LogP contribution in [-0.4, -0.2) is 26.2 Å². The van der Waals surface area contributed by atoms with Gasteiger partial charge in [-0.3, -0.25) is 0 Å². The summed E-state index contributed by atoms with van der Waals surface area (Å²) in [5.74, 6) is 1.56. The highest BCUT2D eigenvalue weighted by atomic mass is 15.2. The first kappa shape index (κ1) is 11.7. The van der Waals surface area contributed by atoms with Crippen LogP contribution in [0, 0.1) is 23.2 Å². The highest BCUT2D eigenvalue weighted by Gasteiger charge is 2.36. The molecule has 2 aliphatic heterocycles. The largest absolute Gasteiger partial charge is 0.370 e. The van der Waals surface area contributed by atoms with Crippen molar-refractivity contribution < 1.29 is 0 Å². The van der Waals surface area contributed by atoms with Gasteiger partial charge in [-0.1, -0.05) is 24.3 Å². The molecule has 0 saturated carbocycles. The van der Waals surface area contributed by atoms with Gasteiger partial charge < -0.3 is 10.2 Å². The lowest BCUT2D eigenvalue weighted by Gasteiger charge is -2.22. The maximum Gasteiger partial charge on any atom is 0.0998 e. The molecule has 2 atom stereocenters. The predicted molar refractivity (Wildman–Crippen MR) is 80.7 cm³/mol. The van der Waals surface area contributed by atoms with Crippen molar-refractivity contribution in [3.8, 4) is 6.07 Å². The quantitative estimate of drug-likeness (QED) is 0.858. The topological polar surface area (TPSA) is 39.1 Å². The summed E-state index contributed by atoms with van der Waals surface area (Å²) in [6, 6.07) is 14.6. The van der Waals surface area contributed by atoms with Crippen LogP contribution < -0.4 is 10.2 Å². The molecule has 0 aliphatic carbocycles. The van der Waals surface area contributed by atoms with Crippen LogP contribution in [0.2, 0.25) is 0 Å².